The van der Waals surface area contributed by atoms with Crippen LogP contribution in [0.5, 0.6) is 0 Å². The predicted molar refractivity (Wildman–Crippen MR) is 67.8 cm³/mol. The van der Waals surface area contributed by atoms with Crippen molar-refractivity contribution in [2.45, 2.75) is 51.0 Å². The Bertz CT molecular complexity index is 265. The molecule has 0 radical (unpaired) electrons. The molecule has 0 aromatic heterocycles. The predicted octanol–water partition coefficient (Wildman–Crippen LogP) is 1.08. The normalized spacial score (nSPS) is 16.1. The molecule has 1 rings (SSSR count). The van der Waals surface area contributed by atoms with Crippen LogP contribution in [0.15, 0.2) is 0 Å². The van der Waals surface area contributed by atoms with Crippen LogP contribution < -0.4 is 16.1 Å². The van der Waals surface area contributed by atoms with Crippen molar-refractivity contribution in [3.63, 3.8) is 0 Å². The van der Waals surface area contributed by atoms with Crippen LogP contribution in [-0.2, 0) is 9.63 Å². The Morgan fingerprint density at radius 2 is 1.94 bits per heavy atom. The Hall–Kier alpha value is -1.30. The molecule has 3 N–H and O–H groups in total. The van der Waals surface area contributed by atoms with Crippen LogP contribution in [0.1, 0.15) is 44.9 Å². The second-order valence-corrected chi connectivity index (χ2v) is 4.57. The molecule has 1 aliphatic carbocycles. The number of hydroxylamine groups is 1. The van der Waals surface area contributed by atoms with E-state index in [9.17, 15) is 9.59 Å². The Morgan fingerprint density at radius 1 is 1.22 bits per heavy atom. The number of carbonyl (C=O) groups excluding carboxylic acids is 2. The number of carbonyl (C=O) groups is 2. The molecule has 0 aromatic rings. The number of rotatable bonds is 6. The number of amides is 3. The summed E-state index contributed by atoms with van der Waals surface area (Å²) in [7, 11) is 1.40. The lowest BCUT2D eigenvalue weighted by Gasteiger charge is -2.22. The van der Waals surface area contributed by atoms with Gasteiger partial charge in [-0.25, -0.2) is 10.3 Å². The van der Waals surface area contributed by atoms with Crippen molar-refractivity contribution in [1.29, 1.82) is 0 Å². The first-order chi connectivity index (χ1) is 8.72. The van der Waals surface area contributed by atoms with Crippen LogP contribution in [-0.4, -0.2) is 31.6 Å². The summed E-state index contributed by atoms with van der Waals surface area (Å²) in [5.41, 5.74) is 2.23. The Kier molecular flexibility index (Phi) is 7.17. The van der Waals surface area contributed by atoms with Crippen LogP contribution in [0.3, 0.4) is 0 Å². The van der Waals surface area contributed by atoms with E-state index in [4.69, 9.17) is 0 Å². The third kappa shape index (κ3) is 6.44. The highest BCUT2D eigenvalue weighted by Gasteiger charge is 2.15. The van der Waals surface area contributed by atoms with E-state index in [-0.39, 0.29) is 11.9 Å². The first-order valence-electron chi connectivity index (χ1n) is 6.58. The molecule has 1 saturated carbocycles. The standard InChI is InChI=1S/C12H23N3O3/c1-18-15-11(16)8-5-9-13-12(17)14-10-6-3-2-4-7-10/h10H,2-9H2,1H3,(H,15,16)(H2,13,14,17). The molecule has 3 amide bonds. The van der Waals surface area contributed by atoms with E-state index in [1.807, 2.05) is 0 Å². The van der Waals surface area contributed by atoms with Gasteiger partial charge in [0.1, 0.15) is 0 Å². The van der Waals surface area contributed by atoms with Gasteiger partial charge in [-0.05, 0) is 19.3 Å². The Balaban J connectivity index is 2.01. The third-order valence-electron chi connectivity index (χ3n) is 3.02. The summed E-state index contributed by atoms with van der Waals surface area (Å²) >= 11 is 0. The molecular formula is C12H23N3O3. The van der Waals surface area contributed by atoms with Gasteiger partial charge in [0.15, 0.2) is 0 Å². The van der Waals surface area contributed by atoms with E-state index in [1.165, 1.54) is 26.4 Å². The molecule has 1 aliphatic rings. The van der Waals surface area contributed by atoms with Crippen LogP contribution >= 0.6 is 0 Å². The minimum Gasteiger partial charge on any atom is -0.338 e. The van der Waals surface area contributed by atoms with Gasteiger partial charge in [-0.3, -0.25) is 9.63 Å². The highest BCUT2D eigenvalue weighted by molar-refractivity contribution is 5.75. The fourth-order valence-corrected chi connectivity index (χ4v) is 2.10. The number of nitrogens with one attached hydrogen (secondary N) is 3. The smallest absolute Gasteiger partial charge is 0.315 e. The van der Waals surface area contributed by atoms with Crippen molar-refractivity contribution in [1.82, 2.24) is 16.1 Å². The zero-order valence-corrected chi connectivity index (χ0v) is 11.0. The molecule has 0 unspecified atom stereocenters. The lowest BCUT2D eigenvalue weighted by Crippen LogP contribution is -2.43. The van der Waals surface area contributed by atoms with Gasteiger partial charge in [0, 0.05) is 19.0 Å². The topological polar surface area (TPSA) is 79.5 Å². The van der Waals surface area contributed by atoms with Crippen molar-refractivity contribution in [3.05, 3.63) is 0 Å². The molecule has 0 saturated heterocycles. The van der Waals surface area contributed by atoms with E-state index < -0.39 is 0 Å². The van der Waals surface area contributed by atoms with Crippen LogP contribution in [0, 0.1) is 0 Å². The van der Waals surface area contributed by atoms with Gasteiger partial charge in [0.2, 0.25) is 5.91 Å². The van der Waals surface area contributed by atoms with Crippen molar-refractivity contribution < 1.29 is 14.4 Å². The molecule has 0 spiro atoms. The molecule has 0 aliphatic heterocycles. The molecule has 0 bridgehead atoms. The van der Waals surface area contributed by atoms with Gasteiger partial charge in [-0.1, -0.05) is 19.3 Å². The van der Waals surface area contributed by atoms with Crippen molar-refractivity contribution in [2.75, 3.05) is 13.7 Å². The first kappa shape index (κ1) is 14.8. The third-order valence-corrected chi connectivity index (χ3v) is 3.02. The molecule has 0 atom stereocenters. The molecule has 6 nitrogen and oxygen atoms in total. The average Bonchev–Trinajstić information content (AvgIpc) is 2.36. The van der Waals surface area contributed by atoms with Gasteiger partial charge in [-0.15, -0.1) is 0 Å². The van der Waals surface area contributed by atoms with Crippen molar-refractivity contribution in [3.8, 4) is 0 Å². The monoisotopic (exact) mass is 257 g/mol. The SMILES string of the molecule is CONC(=O)CCCNC(=O)NC1CCCCC1. The largest absolute Gasteiger partial charge is 0.338 e. The average molecular weight is 257 g/mol. The van der Waals surface area contributed by atoms with E-state index >= 15 is 0 Å². The zero-order chi connectivity index (χ0) is 13.2. The number of urea groups is 1. The molecular weight excluding hydrogens is 234 g/mol. The Morgan fingerprint density at radius 3 is 2.61 bits per heavy atom. The fourth-order valence-electron chi connectivity index (χ4n) is 2.10. The highest BCUT2D eigenvalue weighted by atomic mass is 16.6. The van der Waals surface area contributed by atoms with Crippen molar-refractivity contribution >= 4 is 11.9 Å². The van der Waals surface area contributed by atoms with E-state index in [0.29, 0.717) is 25.4 Å². The van der Waals surface area contributed by atoms with Gasteiger partial charge in [-0.2, -0.15) is 0 Å². The molecule has 1 fully saturated rings. The maximum atomic E-state index is 11.5. The van der Waals surface area contributed by atoms with Crippen LogP contribution in [0.25, 0.3) is 0 Å². The minimum atomic E-state index is -0.174. The lowest BCUT2D eigenvalue weighted by molar-refractivity contribution is -0.131. The van der Waals surface area contributed by atoms with Gasteiger partial charge < -0.3 is 10.6 Å². The molecule has 6 heteroatoms. The van der Waals surface area contributed by atoms with Gasteiger partial charge in [0.05, 0.1) is 7.11 Å². The van der Waals surface area contributed by atoms with Crippen LogP contribution in [0.2, 0.25) is 0 Å². The maximum absolute atomic E-state index is 11.5. The van der Waals surface area contributed by atoms with Crippen molar-refractivity contribution in [2.24, 2.45) is 0 Å². The second kappa shape index (κ2) is 8.74. The summed E-state index contributed by atoms with van der Waals surface area (Å²) in [6.45, 7) is 0.496. The lowest BCUT2D eigenvalue weighted by atomic mass is 9.96. The van der Waals surface area contributed by atoms with Gasteiger partial charge in [0.25, 0.3) is 0 Å². The Labute approximate surface area is 108 Å². The van der Waals surface area contributed by atoms with E-state index in [1.54, 1.807) is 0 Å². The summed E-state index contributed by atoms with van der Waals surface area (Å²) in [5, 5.41) is 5.71. The maximum Gasteiger partial charge on any atom is 0.315 e. The second-order valence-electron chi connectivity index (χ2n) is 4.57. The zero-order valence-electron chi connectivity index (χ0n) is 11.0. The molecule has 18 heavy (non-hydrogen) atoms. The highest BCUT2D eigenvalue weighted by Crippen LogP contribution is 2.16. The summed E-state index contributed by atoms with van der Waals surface area (Å²) < 4.78 is 0. The molecule has 104 valence electrons. The van der Waals surface area contributed by atoms with E-state index in [0.717, 1.165) is 12.8 Å². The minimum absolute atomic E-state index is 0.131. The molecule has 0 heterocycles. The van der Waals surface area contributed by atoms with Crippen LogP contribution in [0.4, 0.5) is 4.79 Å². The van der Waals surface area contributed by atoms with E-state index in [2.05, 4.69) is 21.0 Å². The summed E-state index contributed by atoms with van der Waals surface area (Å²) in [6, 6.07) is 0.185. The fraction of sp³-hybridized carbons (Fsp3) is 0.833. The molecule has 0 aromatic carbocycles. The first-order valence-corrected chi connectivity index (χ1v) is 6.58. The number of hydrogen-bond donors (Lipinski definition) is 3. The summed E-state index contributed by atoms with van der Waals surface area (Å²) in [6.07, 6.45) is 6.76. The summed E-state index contributed by atoms with van der Waals surface area (Å²) in [5.74, 6) is -0.174. The van der Waals surface area contributed by atoms with Gasteiger partial charge >= 0.3 is 6.03 Å². The number of hydrogen-bond acceptors (Lipinski definition) is 3. The quantitative estimate of drug-likeness (QED) is 0.492. The summed E-state index contributed by atoms with van der Waals surface area (Å²) in [4.78, 5) is 27.1.